The minimum absolute atomic E-state index is 0.149. The molecule has 312 valence electrons. The molecule has 0 bridgehead atoms. The maximum Gasteiger partial charge on any atom is 0.323 e. The number of benzene rings is 1. The van der Waals surface area contributed by atoms with E-state index in [1.807, 2.05) is 23.6 Å². The highest BCUT2D eigenvalue weighted by atomic mass is 16.5. The number of pyridine rings is 1. The second-order valence-electron chi connectivity index (χ2n) is 14.8. The van der Waals surface area contributed by atoms with E-state index >= 15 is 0 Å². The first kappa shape index (κ1) is 40.0. The predicted molar refractivity (Wildman–Crippen MR) is 216 cm³/mol. The molecule has 2 aliphatic heterocycles. The number of carbonyl (C=O) groups is 5. The van der Waals surface area contributed by atoms with Crippen LogP contribution in [0.3, 0.4) is 0 Å². The normalized spacial score (nSPS) is 16.6. The summed E-state index contributed by atoms with van der Waals surface area (Å²) in [6.07, 6.45) is 11.6. The summed E-state index contributed by atoms with van der Waals surface area (Å²) in [5.74, 6) is -0.860. The predicted octanol–water partition coefficient (Wildman–Crippen LogP) is 3.61. The number of piperidine rings is 1. The fourth-order valence-corrected chi connectivity index (χ4v) is 7.88. The molecule has 0 radical (unpaired) electrons. The Morgan fingerprint density at radius 3 is 2.55 bits per heavy atom. The van der Waals surface area contributed by atoms with E-state index in [1.165, 1.54) is 4.90 Å². The summed E-state index contributed by atoms with van der Waals surface area (Å²) in [5.41, 5.74) is 6.40. The summed E-state index contributed by atoms with van der Waals surface area (Å²) < 4.78 is 14.8. The number of hydrogen-bond donors (Lipinski definition) is 5. The fraction of sp³-hybridized carbons (Fsp3) is 0.400. The lowest BCUT2D eigenvalue weighted by molar-refractivity contribution is -0.136. The number of urea groups is 2. The highest BCUT2D eigenvalue weighted by molar-refractivity contribution is 6.06. The van der Waals surface area contributed by atoms with Crippen molar-refractivity contribution in [2.24, 2.45) is 0 Å². The molecule has 7 amide bonds. The molecule has 5 N–H and O–H groups in total. The summed E-state index contributed by atoms with van der Waals surface area (Å²) in [7, 11) is 0. The molecule has 60 heavy (non-hydrogen) atoms. The number of nitrogens with one attached hydrogen (secondary N) is 5. The van der Waals surface area contributed by atoms with Gasteiger partial charge < -0.3 is 35.6 Å². The Kier molecular flexibility index (Phi) is 12.0. The third-order valence-corrected chi connectivity index (χ3v) is 10.8. The smallest absolute Gasteiger partial charge is 0.323 e. The van der Waals surface area contributed by atoms with Gasteiger partial charge in [-0.05, 0) is 49.9 Å². The van der Waals surface area contributed by atoms with E-state index < -0.39 is 24.0 Å². The molecule has 20 nitrogen and oxygen atoms in total. The Bertz CT molecular complexity index is 2430. The Hall–Kier alpha value is -6.80. The van der Waals surface area contributed by atoms with Gasteiger partial charge in [0.25, 0.3) is 5.91 Å². The molecule has 5 aromatic rings. The quantitative estimate of drug-likeness (QED) is 0.0752. The number of carbonyl (C=O) groups excluding carboxylic acids is 5. The van der Waals surface area contributed by atoms with Gasteiger partial charge in [-0.2, -0.15) is 5.10 Å². The Morgan fingerprint density at radius 1 is 0.917 bits per heavy atom. The van der Waals surface area contributed by atoms with Crippen molar-refractivity contribution < 1.29 is 33.4 Å². The molecule has 2 fully saturated rings. The van der Waals surface area contributed by atoms with Crippen molar-refractivity contribution >= 4 is 52.5 Å². The zero-order valence-corrected chi connectivity index (χ0v) is 33.0. The van der Waals surface area contributed by atoms with Crippen molar-refractivity contribution in [1.82, 2.24) is 50.1 Å². The average Bonchev–Trinajstić information content (AvgIpc) is 4.06. The maximum absolute atomic E-state index is 13.1. The number of aryl methyl sites for hydroxylation is 1. The van der Waals surface area contributed by atoms with E-state index in [0.717, 1.165) is 42.6 Å². The molecule has 1 unspecified atom stereocenters. The third-order valence-electron chi connectivity index (χ3n) is 10.8. The van der Waals surface area contributed by atoms with Crippen LogP contribution in [0.1, 0.15) is 71.6 Å². The summed E-state index contributed by atoms with van der Waals surface area (Å²) in [4.78, 5) is 73.1. The fourth-order valence-electron chi connectivity index (χ4n) is 7.88. The topological polar surface area (TPSA) is 241 Å². The number of ether oxygens (including phenoxy) is 2. The van der Waals surface area contributed by atoms with Gasteiger partial charge in [0, 0.05) is 48.3 Å². The van der Waals surface area contributed by atoms with E-state index in [-0.39, 0.29) is 44.4 Å². The van der Waals surface area contributed by atoms with Crippen molar-refractivity contribution in [2.45, 2.75) is 70.5 Å². The number of aromatic nitrogens is 7. The Labute approximate surface area is 343 Å². The van der Waals surface area contributed by atoms with Crippen LogP contribution >= 0.6 is 0 Å². The molecule has 6 heterocycles. The van der Waals surface area contributed by atoms with Gasteiger partial charge in [0.05, 0.1) is 80.5 Å². The summed E-state index contributed by atoms with van der Waals surface area (Å²) >= 11 is 0. The standard InChI is InChI=1S/C40H45N13O7/c1-24-19-26(45-40(58)47-30-21-42-33-11-12-44-53(33)36(30)25-5-2-3-6-25)20-43-35(24)31-23-51(50-49-31)14-16-60-18-17-59-15-13-41-39(57)46-29-8-4-7-27-28(29)22-52(38(27)56)32-9-10-34(54)48-37(32)55/h4,7-8,11-12,19-21,23,25,32H,2-3,5-6,9-10,13-18,22H2,1H3,(H2,41,46,57)(H2,45,47,58)(H,48,54,55). The number of anilines is 3. The van der Waals surface area contributed by atoms with Gasteiger partial charge in [0.2, 0.25) is 11.8 Å². The number of hydrogen-bond acceptors (Lipinski definition) is 12. The second kappa shape index (κ2) is 18.0. The highest BCUT2D eigenvalue weighted by Gasteiger charge is 2.40. The van der Waals surface area contributed by atoms with Crippen molar-refractivity contribution in [3.8, 4) is 11.4 Å². The van der Waals surface area contributed by atoms with Crippen LogP contribution in [0.4, 0.5) is 26.7 Å². The van der Waals surface area contributed by atoms with Gasteiger partial charge in [0.15, 0.2) is 5.65 Å². The van der Waals surface area contributed by atoms with Crippen LogP contribution < -0.4 is 26.6 Å². The SMILES string of the molecule is Cc1cc(NC(=O)Nc2cnc3ccnn3c2C2CCCC2)cnc1-c1cn(CCOCCOCCNC(=O)Nc2cccc3c2CN(C2CCC(=O)NC2=O)C3=O)nn1. The molecule has 1 atom stereocenters. The molecule has 4 aromatic heterocycles. The van der Waals surface area contributed by atoms with E-state index in [9.17, 15) is 24.0 Å². The van der Waals surface area contributed by atoms with Crippen molar-refractivity contribution in [2.75, 3.05) is 48.9 Å². The van der Waals surface area contributed by atoms with Crippen molar-refractivity contribution in [3.63, 3.8) is 0 Å². The van der Waals surface area contributed by atoms with Crippen LogP contribution in [0.5, 0.6) is 0 Å². The molecule has 1 saturated heterocycles. The zero-order chi connectivity index (χ0) is 41.6. The number of amides is 7. The van der Waals surface area contributed by atoms with Crippen molar-refractivity contribution in [1.29, 1.82) is 0 Å². The molecule has 8 rings (SSSR count). The zero-order valence-electron chi connectivity index (χ0n) is 33.0. The van der Waals surface area contributed by atoms with Gasteiger partial charge in [0.1, 0.15) is 11.7 Å². The summed E-state index contributed by atoms with van der Waals surface area (Å²) in [6.45, 7) is 4.00. The monoisotopic (exact) mass is 819 g/mol. The van der Waals surface area contributed by atoms with Gasteiger partial charge in [-0.25, -0.2) is 23.8 Å². The van der Waals surface area contributed by atoms with Gasteiger partial charge in [-0.3, -0.25) is 24.7 Å². The first-order chi connectivity index (χ1) is 29.2. The van der Waals surface area contributed by atoms with Crippen LogP contribution in [0, 0.1) is 6.92 Å². The lowest BCUT2D eigenvalue weighted by atomic mass is 10.0. The minimum atomic E-state index is -0.741. The molecular weight excluding hydrogens is 775 g/mol. The Morgan fingerprint density at radius 2 is 1.73 bits per heavy atom. The van der Waals surface area contributed by atoms with Crippen LogP contribution in [0.15, 0.2) is 55.1 Å². The largest absolute Gasteiger partial charge is 0.377 e. The second-order valence-corrected chi connectivity index (χ2v) is 14.8. The molecule has 0 spiro atoms. The van der Waals surface area contributed by atoms with E-state index in [2.05, 4.69) is 52.0 Å². The van der Waals surface area contributed by atoms with E-state index in [4.69, 9.17) is 9.47 Å². The first-order valence-corrected chi connectivity index (χ1v) is 20.0. The average molecular weight is 820 g/mol. The van der Waals surface area contributed by atoms with Crippen LogP contribution in [0.25, 0.3) is 17.0 Å². The minimum Gasteiger partial charge on any atom is -0.377 e. The first-order valence-electron chi connectivity index (χ1n) is 20.0. The highest BCUT2D eigenvalue weighted by Crippen LogP contribution is 2.38. The van der Waals surface area contributed by atoms with Gasteiger partial charge in [-0.15, -0.1) is 5.10 Å². The number of imide groups is 1. The molecule has 1 saturated carbocycles. The Balaban J connectivity index is 0.723. The lowest BCUT2D eigenvalue weighted by Gasteiger charge is -2.29. The number of fused-ring (bicyclic) bond motifs is 2. The lowest BCUT2D eigenvalue weighted by Crippen LogP contribution is -2.52. The van der Waals surface area contributed by atoms with Gasteiger partial charge in [-0.1, -0.05) is 24.1 Å². The molecular formula is C40H45N13O7. The van der Waals surface area contributed by atoms with Crippen LogP contribution in [-0.4, -0.2) is 108 Å². The van der Waals surface area contributed by atoms with E-state index in [0.29, 0.717) is 71.9 Å². The van der Waals surface area contributed by atoms with E-state index in [1.54, 1.807) is 47.7 Å². The summed E-state index contributed by atoms with van der Waals surface area (Å²) in [5, 5.41) is 26.6. The molecule has 1 aromatic carbocycles. The number of rotatable bonds is 15. The molecule has 3 aliphatic rings. The molecule has 20 heteroatoms. The number of nitrogens with zero attached hydrogens (tertiary/aromatic N) is 8. The van der Waals surface area contributed by atoms with Gasteiger partial charge >= 0.3 is 12.1 Å². The van der Waals surface area contributed by atoms with Crippen LogP contribution in [-0.2, 0) is 32.2 Å². The summed E-state index contributed by atoms with van der Waals surface area (Å²) in [6, 6.07) is 7.09. The van der Waals surface area contributed by atoms with Crippen LogP contribution in [0.2, 0.25) is 0 Å². The maximum atomic E-state index is 13.1. The third kappa shape index (κ3) is 8.93. The molecule has 1 aliphatic carbocycles. The van der Waals surface area contributed by atoms with Crippen molar-refractivity contribution in [3.05, 3.63) is 77.5 Å².